The van der Waals surface area contributed by atoms with Crippen molar-refractivity contribution in [3.8, 4) is 0 Å². The van der Waals surface area contributed by atoms with Crippen molar-refractivity contribution in [2.45, 2.75) is 20.4 Å². The Morgan fingerprint density at radius 3 is 1.79 bits per heavy atom. The van der Waals surface area contributed by atoms with Crippen molar-refractivity contribution >= 4 is 35.0 Å². The molecule has 0 radical (unpaired) electrons. The first-order chi connectivity index (χ1) is 15.8. The van der Waals surface area contributed by atoms with Crippen LogP contribution in [-0.4, -0.2) is 28.5 Å². The first-order valence-electron chi connectivity index (χ1n) is 10.6. The summed E-state index contributed by atoms with van der Waals surface area (Å²) in [6.45, 7) is 3.77. The zero-order valence-electron chi connectivity index (χ0n) is 18.3. The van der Waals surface area contributed by atoms with Gasteiger partial charge in [-0.15, -0.1) is 0 Å². The zero-order valence-corrected chi connectivity index (χ0v) is 18.3. The molecule has 0 atom stereocenters. The lowest BCUT2D eigenvalue weighted by Gasteiger charge is -2.14. The maximum Gasteiger partial charge on any atom is 0.261 e. The number of hydrogen-bond acceptors (Lipinski definition) is 4. The Balaban J connectivity index is 1.37. The van der Waals surface area contributed by atoms with Crippen molar-refractivity contribution in [3.05, 3.63) is 95.1 Å². The number of carbonyl (C=O) groups is 4. The highest BCUT2D eigenvalue weighted by atomic mass is 16.2. The third kappa shape index (κ3) is 4.67. The highest BCUT2D eigenvalue weighted by Gasteiger charge is 2.34. The fourth-order valence-corrected chi connectivity index (χ4v) is 3.45. The highest BCUT2D eigenvalue weighted by molar-refractivity contribution is 6.21. The average Bonchev–Trinajstić information content (AvgIpc) is 3.05. The van der Waals surface area contributed by atoms with Crippen LogP contribution in [0, 0.1) is 5.92 Å². The topological polar surface area (TPSA) is 95.6 Å². The number of benzene rings is 3. The molecule has 0 fully saturated rings. The number of hydrogen-bond donors (Lipinski definition) is 2. The van der Waals surface area contributed by atoms with Crippen LogP contribution in [0.4, 0.5) is 11.4 Å². The molecule has 4 amide bonds. The number of nitrogens with zero attached hydrogens (tertiary/aromatic N) is 1. The number of imide groups is 1. The summed E-state index contributed by atoms with van der Waals surface area (Å²) in [6, 6.07) is 20.4. The molecule has 1 heterocycles. The summed E-state index contributed by atoms with van der Waals surface area (Å²) in [4.78, 5) is 50.6. The molecular weight excluding hydrogens is 418 g/mol. The van der Waals surface area contributed by atoms with Crippen LogP contribution in [0.25, 0.3) is 0 Å². The first kappa shape index (κ1) is 22.0. The smallest absolute Gasteiger partial charge is 0.261 e. The van der Waals surface area contributed by atoms with Crippen molar-refractivity contribution < 1.29 is 19.2 Å². The normalized spacial score (nSPS) is 12.6. The molecule has 3 aromatic rings. The second-order valence-corrected chi connectivity index (χ2v) is 8.11. The summed E-state index contributed by atoms with van der Waals surface area (Å²) in [5, 5.41) is 5.61. The van der Waals surface area contributed by atoms with E-state index in [4.69, 9.17) is 0 Å². The van der Waals surface area contributed by atoms with Gasteiger partial charge in [-0.2, -0.15) is 0 Å². The number of rotatable bonds is 6. The maximum atomic E-state index is 12.6. The van der Waals surface area contributed by atoms with E-state index in [-0.39, 0.29) is 36.1 Å². The minimum atomic E-state index is -0.314. The molecule has 0 bridgehead atoms. The fraction of sp³-hybridized carbons (Fsp3) is 0.154. The van der Waals surface area contributed by atoms with Gasteiger partial charge in [0.2, 0.25) is 5.91 Å². The van der Waals surface area contributed by atoms with Gasteiger partial charge in [0.1, 0.15) is 0 Å². The molecule has 3 aromatic carbocycles. The number of anilines is 2. The van der Waals surface area contributed by atoms with Crippen LogP contribution in [0.2, 0.25) is 0 Å². The van der Waals surface area contributed by atoms with E-state index in [1.54, 1.807) is 72.8 Å². The zero-order chi connectivity index (χ0) is 23.5. The molecule has 0 saturated carbocycles. The van der Waals surface area contributed by atoms with Gasteiger partial charge in [-0.1, -0.05) is 38.1 Å². The fourth-order valence-electron chi connectivity index (χ4n) is 3.45. The van der Waals surface area contributed by atoms with Crippen LogP contribution in [0.15, 0.2) is 72.8 Å². The van der Waals surface area contributed by atoms with E-state index in [0.717, 1.165) is 5.56 Å². The lowest BCUT2D eigenvalue weighted by molar-refractivity contribution is -0.118. The van der Waals surface area contributed by atoms with E-state index in [1.807, 2.05) is 13.8 Å². The van der Waals surface area contributed by atoms with Crippen LogP contribution < -0.4 is 10.6 Å². The first-order valence-corrected chi connectivity index (χ1v) is 10.6. The number of fused-ring (bicyclic) bond motifs is 1. The lowest BCUT2D eigenvalue weighted by atomic mass is 10.1. The summed E-state index contributed by atoms with van der Waals surface area (Å²) in [5.41, 5.74) is 3.26. The minimum absolute atomic E-state index is 0.0758. The Kier molecular flexibility index (Phi) is 6.04. The van der Waals surface area contributed by atoms with Crippen molar-refractivity contribution in [2.75, 3.05) is 10.6 Å². The minimum Gasteiger partial charge on any atom is -0.326 e. The number of amides is 4. The van der Waals surface area contributed by atoms with Gasteiger partial charge in [0.05, 0.1) is 17.7 Å². The van der Waals surface area contributed by atoms with Crippen LogP contribution >= 0.6 is 0 Å². The molecule has 0 aromatic heterocycles. The SMILES string of the molecule is CC(C)C(=O)Nc1ccc(NC(=O)c2ccc(CN3C(=O)c4ccccc4C3=O)cc2)cc1. The largest absolute Gasteiger partial charge is 0.326 e. The molecule has 2 N–H and O–H groups in total. The second-order valence-electron chi connectivity index (χ2n) is 8.11. The molecule has 33 heavy (non-hydrogen) atoms. The van der Waals surface area contributed by atoms with E-state index >= 15 is 0 Å². The summed E-state index contributed by atoms with van der Waals surface area (Å²) < 4.78 is 0. The van der Waals surface area contributed by atoms with Gasteiger partial charge in [0, 0.05) is 22.9 Å². The molecule has 0 unspecified atom stereocenters. The Hall–Kier alpha value is -4.26. The summed E-state index contributed by atoms with van der Waals surface area (Å²) in [6.07, 6.45) is 0. The maximum absolute atomic E-state index is 12.6. The van der Waals surface area contributed by atoms with Crippen LogP contribution in [0.1, 0.15) is 50.5 Å². The third-order valence-electron chi connectivity index (χ3n) is 5.37. The predicted octanol–water partition coefficient (Wildman–Crippen LogP) is 4.33. The van der Waals surface area contributed by atoms with Crippen molar-refractivity contribution in [1.29, 1.82) is 0 Å². The van der Waals surface area contributed by atoms with Crippen molar-refractivity contribution in [2.24, 2.45) is 5.92 Å². The van der Waals surface area contributed by atoms with E-state index < -0.39 is 0 Å². The van der Waals surface area contributed by atoms with Crippen LogP contribution in [0.5, 0.6) is 0 Å². The van der Waals surface area contributed by atoms with Gasteiger partial charge < -0.3 is 10.6 Å². The molecule has 1 aliphatic heterocycles. The van der Waals surface area contributed by atoms with Gasteiger partial charge in [-0.3, -0.25) is 24.1 Å². The molecule has 166 valence electrons. The second kappa shape index (κ2) is 9.08. The van der Waals surface area contributed by atoms with Crippen molar-refractivity contribution in [3.63, 3.8) is 0 Å². The predicted molar refractivity (Wildman–Crippen MR) is 125 cm³/mol. The highest BCUT2D eigenvalue weighted by Crippen LogP contribution is 2.24. The standard InChI is InChI=1S/C26H23N3O4/c1-16(2)23(30)27-19-11-13-20(14-12-19)28-24(31)18-9-7-17(8-10-18)15-29-25(32)21-5-3-4-6-22(21)26(29)33/h3-14,16H,15H2,1-2H3,(H,27,30)(H,28,31). The Bertz CT molecular complexity index is 1200. The van der Waals surface area contributed by atoms with E-state index in [0.29, 0.717) is 28.1 Å². The molecule has 7 nitrogen and oxygen atoms in total. The van der Waals surface area contributed by atoms with Gasteiger partial charge in [0.25, 0.3) is 17.7 Å². The monoisotopic (exact) mass is 441 g/mol. The number of carbonyl (C=O) groups excluding carboxylic acids is 4. The number of nitrogens with one attached hydrogen (secondary N) is 2. The van der Waals surface area contributed by atoms with E-state index in [9.17, 15) is 19.2 Å². The Labute approximate surface area is 191 Å². The van der Waals surface area contributed by atoms with E-state index in [1.165, 1.54) is 4.90 Å². The van der Waals surface area contributed by atoms with Crippen LogP contribution in [0.3, 0.4) is 0 Å². The molecule has 7 heteroatoms. The van der Waals surface area contributed by atoms with Gasteiger partial charge >= 0.3 is 0 Å². The van der Waals surface area contributed by atoms with Crippen molar-refractivity contribution in [1.82, 2.24) is 4.90 Å². The summed E-state index contributed by atoms with van der Waals surface area (Å²) in [5.74, 6) is -1.12. The molecule has 1 aliphatic rings. The van der Waals surface area contributed by atoms with Gasteiger partial charge in [-0.25, -0.2) is 0 Å². The van der Waals surface area contributed by atoms with Gasteiger partial charge in [-0.05, 0) is 54.1 Å². The Morgan fingerprint density at radius 2 is 1.27 bits per heavy atom. The average molecular weight is 441 g/mol. The lowest BCUT2D eigenvalue weighted by Crippen LogP contribution is -2.29. The summed E-state index contributed by atoms with van der Waals surface area (Å²) in [7, 11) is 0. The van der Waals surface area contributed by atoms with Crippen LogP contribution in [-0.2, 0) is 11.3 Å². The molecule has 4 rings (SSSR count). The molecule has 0 aliphatic carbocycles. The quantitative estimate of drug-likeness (QED) is 0.557. The molecule has 0 spiro atoms. The molecule has 0 saturated heterocycles. The Morgan fingerprint density at radius 1 is 0.758 bits per heavy atom. The third-order valence-corrected chi connectivity index (χ3v) is 5.37. The molecular formula is C26H23N3O4. The van der Waals surface area contributed by atoms with E-state index in [2.05, 4.69) is 10.6 Å². The summed E-state index contributed by atoms with van der Waals surface area (Å²) >= 11 is 0. The van der Waals surface area contributed by atoms with Gasteiger partial charge in [0.15, 0.2) is 0 Å².